The summed E-state index contributed by atoms with van der Waals surface area (Å²) in [6.45, 7) is 7.01. The number of rotatable bonds is 2. The van der Waals surface area contributed by atoms with Crippen LogP contribution in [0.3, 0.4) is 0 Å². The Balaban J connectivity index is 1.98. The zero-order valence-corrected chi connectivity index (χ0v) is 10.4. The highest BCUT2D eigenvalue weighted by molar-refractivity contribution is 5.61. The molecule has 0 aromatic rings. The Labute approximate surface area is 93.6 Å². The van der Waals surface area contributed by atoms with E-state index in [2.05, 4.69) is 20.8 Å². The first-order valence-corrected chi connectivity index (χ1v) is 6.44. The molecule has 1 nitrogen and oxygen atoms in total. The van der Waals surface area contributed by atoms with Crippen LogP contribution < -0.4 is 0 Å². The van der Waals surface area contributed by atoms with E-state index in [0.717, 1.165) is 24.7 Å². The molecule has 2 aliphatic rings. The maximum Gasteiger partial charge on any atom is 0.126 e. The van der Waals surface area contributed by atoms with Gasteiger partial charge in [0.1, 0.15) is 6.29 Å². The summed E-state index contributed by atoms with van der Waals surface area (Å²) >= 11 is 0. The lowest BCUT2D eigenvalue weighted by molar-refractivity contribution is -0.120. The van der Waals surface area contributed by atoms with E-state index in [1.807, 2.05) is 0 Å². The van der Waals surface area contributed by atoms with Gasteiger partial charge in [0, 0.05) is 5.41 Å². The van der Waals surface area contributed by atoms with Gasteiger partial charge >= 0.3 is 0 Å². The summed E-state index contributed by atoms with van der Waals surface area (Å²) in [5.74, 6) is 1.57. The quantitative estimate of drug-likeness (QED) is 0.630. The largest absolute Gasteiger partial charge is 0.303 e. The molecule has 0 spiro atoms. The van der Waals surface area contributed by atoms with Gasteiger partial charge in [-0.15, -0.1) is 0 Å². The van der Waals surface area contributed by atoms with Crippen LogP contribution in [0.15, 0.2) is 0 Å². The molecule has 2 rings (SSSR count). The molecule has 0 saturated heterocycles. The Kier molecular flexibility index (Phi) is 2.68. The molecule has 2 aliphatic carbocycles. The lowest BCUT2D eigenvalue weighted by atomic mass is 9.63. The third-order valence-corrected chi connectivity index (χ3v) is 4.77. The summed E-state index contributed by atoms with van der Waals surface area (Å²) in [5.41, 5.74) is 0.528. The Morgan fingerprint density at radius 2 is 1.60 bits per heavy atom. The zero-order chi connectivity index (χ0) is 11.1. The SMILES string of the molecule is CC(C)(C)C1CCC(C=O)(C2CC2)CC1. The fourth-order valence-electron chi connectivity index (χ4n) is 3.30. The standard InChI is InChI=1S/C14H24O/c1-13(2,3)11-6-8-14(10-15,9-7-11)12-4-5-12/h10-12H,4-9H2,1-3H3. The minimum Gasteiger partial charge on any atom is -0.303 e. The van der Waals surface area contributed by atoms with Crippen molar-refractivity contribution in [3.05, 3.63) is 0 Å². The smallest absolute Gasteiger partial charge is 0.126 e. The molecule has 0 radical (unpaired) electrons. The number of carbonyl (C=O) groups excluding carboxylic acids is 1. The van der Waals surface area contributed by atoms with Crippen LogP contribution in [-0.2, 0) is 4.79 Å². The summed E-state index contributed by atoms with van der Waals surface area (Å²) in [7, 11) is 0. The van der Waals surface area contributed by atoms with E-state index in [4.69, 9.17) is 0 Å². The van der Waals surface area contributed by atoms with Gasteiger partial charge < -0.3 is 4.79 Å². The first kappa shape index (κ1) is 11.2. The van der Waals surface area contributed by atoms with Crippen LogP contribution in [0.1, 0.15) is 59.3 Å². The highest BCUT2D eigenvalue weighted by Gasteiger charge is 2.48. The molecule has 0 heterocycles. The van der Waals surface area contributed by atoms with Gasteiger partial charge in [0.15, 0.2) is 0 Å². The van der Waals surface area contributed by atoms with E-state index in [1.54, 1.807) is 0 Å². The van der Waals surface area contributed by atoms with Crippen molar-refractivity contribution in [3.63, 3.8) is 0 Å². The van der Waals surface area contributed by atoms with Crippen LogP contribution >= 0.6 is 0 Å². The van der Waals surface area contributed by atoms with Gasteiger partial charge in [0.05, 0.1) is 0 Å². The van der Waals surface area contributed by atoms with Gasteiger partial charge in [-0.1, -0.05) is 20.8 Å². The average Bonchev–Trinajstić information content (AvgIpc) is 3.00. The van der Waals surface area contributed by atoms with Crippen molar-refractivity contribution >= 4 is 6.29 Å². The molecule has 2 fully saturated rings. The van der Waals surface area contributed by atoms with Gasteiger partial charge in [0.2, 0.25) is 0 Å². The summed E-state index contributed by atoms with van der Waals surface area (Å²) in [6.07, 6.45) is 8.74. The molecule has 0 amide bonds. The lowest BCUT2D eigenvalue weighted by Crippen LogP contribution is -2.35. The van der Waals surface area contributed by atoms with Crippen molar-refractivity contribution in [2.75, 3.05) is 0 Å². The van der Waals surface area contributed by atoms with Crippen molar-refractivity contribution < 1.29 is 4.79 Å². The minimum absolute atomic E-state index is 0.0990. The summed E-state index contributed by atoms with van der Waals surface area (Å²) in [5, 5.41) is 0. The highest BCUT2D eigenvalue weighted by atomic mass is 16.1. The van der Waals surface area contributed by atoms with E-state index in [1.165, 1.54) is 32.0 Å². The minimum atomic E-state index is 0.0990. The molecule has 0 unspecified atom stereocenters. The van der Waals surface area contributed by atoms with Gasteiger partial charge in [0.25, 0.3) is 0 Å². The third kappa shape index (κ3) is 2.11. The fraction of sp³-hybridized carbons (Fsp3) is 0.929. The number of aldehydes is 1. The molecule has 0 aromatic heterocycles. The molecule has 0 aliphatic heterocycles. The second-order valence-electron chi connectivity index (χ2n) is 6.77. The Bertz CT molecular complexity index is 237. The average molecular weight is 208 g/mol. The fourth-order valence-corrected chi connectivity index (χ4v) is 3.30. The molecule has 2 saturated carbocycles. The topological polar surface area (TPSA) is 17.1 Å². The maximum absolute atomic E-state index is 11.3. The van der Waals surface area contributed by atoms with Gasteiger partial charge in [-0.2, -0.15) is 0 Å². The predicted molar refractivity (Wildman–Crippen MR) is 62.6 cm³/mol. The maximum atomic E-state index is 11.3. The van der Waals surface area contributed by atoms with Crippen molar-refractivity contribution in [3.8, 4) is 0 Å². The van der Waals surface area contributed by atoms with E-state index in [9.17, 15) is 4.79 Å². The molecule has 0 atom stereocenters. The predicted octanol–water partition coefficient (Wildman–Crippen LogP) is 3.82. The van der Waals surface area contributed by atoms with Crippen LogP contribution in [0.25, 0.3) is 0 Å². The van der Waals surface area contributed by atoms with E-state index in [-0.39, 0.29) is 5.41 Å². The Morgan fingerprint density at radius 1 is 1.07 bits per heavy atom. The summed E-state index contributed by atoms with van der Waals surface area (Å²) in [6, 6.07) is 0. The van der Waals surface area contributed by atoms with Crippen molar-refractivity contribution in [2.45, 2.75) is 59.3 Å². The monoisotopic (exact) mass is 208 g/mol. The third-order valence-electron chi connectivity index (χ3n) is 4.77. The Morgan fingerprint density at radius 3 is 1.93 bits per heavy atom. The second kappa shape index (κ2) is 3.61. The van der Waals surface area contributed by atoms with Crippen LogP contribution in [-0.4, -0.2) is 6.29 Å². The first-order valence-electron chi connectivity index (χ1n) is 6.44. The molecule has 0 N–H and O–H groups in total. The normalized spacial score (nSPS) is 37.7. The molecule has 1 heteroatoms. The van der Waals surface area contributed by atoms with Gasteiger partial charge in [-0.3, -0.25) is 0 Å². The number of hydrogen-bond donors (Lipinski definition) is 0. The van der Waals surface area contributed by atoms with Gasteiger partial charge in [-0.25, -0.2) is 0 Å². The first-order chi connectivity index (χ1) is 6.98. The van der Waals surface area contributed by atoms with E-state index < -0.39 is 0 Å². The summed E-state index contributed by atoms with van der Waals surface area (Å²) in [4.78, 5) is 11.3. The number of hydrogen-bond acceptors (Lipinski definition) is 1. The molecular formula is C14H24O. The molecule has 15 heavy (non-hydrogen) atoms. The van der Waals surface area contributed by atoms with E-state index >= 15 is 0 Å². The van der Waals surface area contributed by atoms with Crippen LogP contribution in [0.5, 0.6) is 0 Å². The highest BCUT2D eigenvalue weighted by Crippen LogP contribution is 2.55. The molecule has 86 valence electrons. The molecule has 0 bridgehead atoms. The molecule has 0 aromatic carbocycles. The number of carbonyl (C=O) groups is 1. The lowest BCUT2D eigenvalue weighted by Gasteiger charge is -2.41. The van der Waals surface area contributed by atoms with E-state index in [0.29, 0.717) is 5.41 Å². The summed E-state index contributed by atoms with van der Waals surface area (Å²) < 4.78 is 0. The van der Waals surface area contributed by atoms with Crippen molar-refractivity contribution in [1.82, 2.24) is 0 Å². The van der Waals surface area contributed by atoms with Crippen molar-refractivity contribution in [1.29, 1.82) is 0 Å². The van der Waals surface area contributed by atoms with Crippen molar-refractivity contribution in [2.24, 2.45) is 22.7 Å². The van der Waals surface area contributed by atoms with Crippen LogP contribution in [0.4, 0.5) is 0 Å². The zero-order valence-electron chi connectivity index (χ0n) is 10.4. The Hall–Kier alpha value is -0.330. The van der Waals surface area contributed by atoms with Crippen LogP contribution in [0.2, 0.25) is 0 Å². The van der Waals surface area contributed by atoms with Gasteiger partial charge in [-0.05, 0) is 55.8 Å². The second-order valence-corrected chi connectivity index (χ2v) is 6.77. The van der Waals surface area contributed by atoms with Crippen LogP contribution in [0, 0.1) is 22.7 Å². The molecular weight excluding hydrogens is 184 g/mol.